The molecule has 2 aromatic rings. The van der Waals surface area contributed by atoms with Crippen LogP contribution in [0, 0.1) is 0 Å². The molecule has 2 heterocycles. The molecular weight excluding hydrogens is 334 g/mol. The van der Waals surface area contributed by atoms with Crippen molar-refractivity contribution >= 4 is 5.91 Å². The average Bonchev–Trinajstić information content (AvgIpc) is 2.69. The fourth-order valence-electron chi connectivity index (χ4n) is 2.87. The van der Waals surface area contributed by atoms with Crippen LogP contribution in [0.4, 0.5) is 0 Å². The van der Waals surface area contributed by atoms with Crippen LogP contribution < -0.4 is 9.47 Å². The molecule has 1 atom stereocenters. The quantitative estimate of drug-likeness (QED) is 0.755. The molecule has 0 spiro atoms. The number of rotatable bonds is 7. The molecule has 1 aliphatic heterocycles. The van der Waals surface area contributed by atoms with Crippen molar-refractivity contribution in [3.8, 4) is 11.8 Å². The van der Waals surface area contributed by atoms with Crippen molar-refractivity contribution in [2.24, 2.45) is 0 Å². The van der Waals surface area contributed by atoms with E-state index in [0.29, 0.717) is 31.5 Å². The molecule has 1 aromatic carbocycles. The van der Waals surface area contributed by atoms with Crippen LogP contribution in [-0.4, -0.2) is 53.7 Å². The van der Waals surface area contributed by atoms with Crippen molar-refractivity contribution in [2.45, 2.75) is 25.6 Å². The van der Waals surface area contributed by atoms with Gasteiger partial charge in [-0.15, -0.1) is 0 Å². The number of aromatic nitrogens is 2. The molecule has 138 valence electrons. The Labute approximate surface area is 152 Å². The third kappa shape index (κ3) is 4.92. The van der Waals surface area contributed by atoms with E-state index in [9.17, 15) is 4.79 Å². The molecule has 1 amide bonds. The number of carbonyl (C=O) groups is 1. The third-order valence-corrected chi connectivity index (χ3v) is 4.17. The number of hydrogen-bond acceptors (Lipinski definition) is 6. The van der Waals surface area contributed by atoms with Crippen molar-refractivity contribution in [3.05, 3.63) is 48.3 Å². The minimum Gasteiger partial charge on any atom is -0.477 e. The first-order chi connectivity index (χ1) is 12.8. The Morgan fingerprint density at radius 2 is 1.96 bits per heavy atom. The standard InChI is InChI=1S/C19H23N3O4/c1-24-18-19(21-10-9-20-18)26-16-8-5-11-22(12-16)17(23)14-25-13-15-6-3-2-4-7-15/h2-4,6-7,9-10,16H,5,8,11-14H2,1H3. The number of nitrogens with zero attached hydrogens (tertiary/aromatic N) is 3. The van der Waals surface area contributed by atoms with Gasteiger partial charge in [0, 0.05) is 18.9 Å². The second-order valence-electron chi connectivity index (χ2n) is 6.07. The Hall–Kier alpha value is -2.67. The smallest absolute Gasteiger partial charge is 0.278 e. The summed E-state index contributed by atoms with van der Waals surface area (Å²) in [4.78, 5) is 22.4. The first-order valence-corrected chi connectivity index (χ1v) is 8.67. The van der Waals surface area contributed by atoms with Crippen molar-refractivity contribution in [1.82, 2.24) is 14.9 Å². The lowest BCUT2D eigenvalue weighted by Gasteiger charge is -2.32. The number of piperidine rings is 1. The predicted molar refractivity (Wildman–Crippen MR) is 94.9 cm³/mol. The van der Waals surface area contributed by atoms with Crippen LogP contribution in [0.15, 0.2) is 42.7 Å². The maximum absolute atomic E-state index is 12.4. The van der Waals surface area contributed by atoms with Crippen LogP contribution in [0.2, 0.25) is 0 Å². The molecule has 0 N–H and O–H groups in total. The molecule has 0 saturated carbocycles. The Balaban J connectivity index is 1.49. The molecule has 1 saturated heterocycles. The van der Waals surface area contributed by atoms with Crippen molar-refractivity contribution < 1.29 is 19.0 Å². The topological polar surface area (TPSA) is 73.8 Å². The second kappa shape index (κ2) is 9.15. The summed E-state index contributed by atoms with van der Waals surface area (Å²) in [6.07, 6.45) is 4.70. The van der Waals surface area contributed by atoms with Gasteiger partial charge in [-0.1, -0.05) is 30.3 Å². The predicted octanol–water partition coefficient (Wildman–Crippen LogP) is 2.07. The summed E-state index contributed by atoms with van der Waals surface area (Å²) < 4.78 is 16.6. The van der Waals surface area contributed by atoms with E-state index in [0.717, 1.165) is 18.4 Å². The fourth-order valence-corrected chi connectivity index (χ4v) is 2.87. The summed E-state index contributed by atoms with van der Waals surface area (Å²) >= 11 is 0. The van der Waals surface area contributed by atoms with Gasteiger partial charge in [-0.3, -0.25) is 4.79 Å². The lowest BCUT2D eigenvalue weighted by atomic mass is 10.1. The molecule has 7 heteroatoms. The van der Waals surface area contributed by atoms with Crippen LogP contribution >= 0.6 is 0 Å². The van der Waals surface area contributed by atoms with Gasteiger partial charge in [-0.2, -0.15) is 0 Å². The van der Waals surface area contributed by atoms with Crippen LogP contribution in [0.1, 0.15) is 18.4 Å². The normalized spacial score (nSPS) is 17.0. The maximum atomic E-state index is 12.4. The molecule has 7 nitrogen and oxygen atoms in total. The van der Waals surface area contributed by atoms with Crippen molar-refractivity contribution in [1.29, 1.82) is 0 Å². The number of ether oxygens (including phenoxy) is 3. The summed E-state index contributed by atoms with van der Waals surface area (Å²) in [6, 6.07) is 9.81. The van der Waals surface area contributed by atoms with E-state index in [-0.39, 0.29) is 18.6 Å². The van der Waals surface area contributed by atoms with Crippen molar-refractivity contribution in [2.75, 3.05) is 26.8 Å². The Kier molecular flexibility index (Phi) is 6.38. The van der Waals surface area contributed by atoms with Gasteiger partial charge in [0.05, 0.1) is 20.3 Å². The number of hydrogen-bond donors (Lipinski definition) is 0. The molecular formula is C19H23N3O4. The van der Waals surface area contributed by atoms with Crippen molar-refractivity contribution in [3.63, 3.8) is 0 Å². The molecule has 26 heavy (non-hydrogen) atoms. The zero-order valence-electron chi connectivity index (χ0n) is 14.8. The van der Waals surface area contributed by atoms with Gasteiger partial charge in [0.25, 0.3) is 11.8 Å². The highest BCUT2D eigenvalue weighted by Gasteiger charge is 2.26. The molecule has 0 aliphatic carbocycles. The van der Waals surface area contributed by atoms with Gasteiger partial charge >= 0.3 is 0 Å². The largest absolute Gasteiger partial charge is 0.477 e. The molecule has 0 bridgehead atoms. The SMILES string of the molecule is COc1nccnc1OC1CCCN(C(=O)COCc2ccccc2)C1. The lowest BCUT2D eigenvalue weighted by molar-refractivity contribution is -0.139. The van der Waals surface area contributed by atoms with E-state index in [4.69, 9.17) is 14.2 Å². The van der Waals surface area contributed by atoms with E-state index >= 15 is 0 Å². The Morgan fingerprint density at radius 1 is 1.19 bits per heavy atom. The number of carbonyl (C=O) groups excluding carboxylic acids is 1. The van der Waals surface area contributed by atoms with Crippen LogP contribution in [0.3, 0.4) is 0 Å². The number of amides is 1. The highest BCUT2D eigenvalue weighted by atomic mass is 16.5. The fraction of sp³-hybridized carbons (Fsp3) is 0.421. The zero-order valence-corrected chi connectivity index (χ0v) is 14.8. The zero-order chi connectivity index (χ0) is 18.2. The second-order valence-corrected chi connectivity index (χ2v) is 6.07. The van der Waals surface area contributed by atoms with E-state index in [1.807, 2.05) is 30.3 Å². The average molecular weight is 357 g/mol. The number of benzene rings is 1. The van der Waals surface area contributed by atoms with Gasteiger partial charge in [-0.05, 0) is 18.4 Å². The lowest BCUT2D eigenvalue weighted by Crippen LogP contribution is -2.45. The summed E-state index contributed by atoms with van der Waals surface area (Å²) in [5.74, 6) is 0.678. The third-order valence-electron chi connectivity index (χ3n) is 4.17. The van der Waals surface area contributed by atoms with Gasteiger partial charge < -0.3 is 19.1 Å². The van der Waals surface area contributed by atoms with E-state index in [1.54, 1.807) is 17.3 Å². The minimum atomic E-state index is -0.132. The summed E-state index contributed by atoms with van der Waals surface area (Å²) in [5.41, 5.74) is 1.05. The molecule has 1 fully saturated rings. The Bertz CT molecular complexity index is 711. The maximum Gasteiger partial charge on any atom is 0.278 e. The van der Waals surface area contributed by atoms with Crippen LogP contribution in [0.25, 0.3) is 0 Å². The molecule has 1 unspecified atom stereocenters. The first kappa shape index (κ1) is 18.1. The molecule has 1 aromatic heterocycles. The van der Waals surface area contributed by atoms with E-state index in [1.165, 1.54) is 7.11 Å². The molecule has 3 rings (SSSR count). The number of methoxy groups -OCH3 is 1. The first-order valence-electron chi connectivity index (χ1n) is 8.67. The Morgan fingerprint density at radius 3 is 2.73 bits per heavy atom. The summed E-state index contributed by atoms with van der Waals surface area (Å²) in [6.45, 7) is 1.71. The van der Waals surface area contributed by atoms with Gasteiger partial charge in [0.2, 0.25) is 5.91 Å². The molecule has 1 aliphatic rings. The van der Waals surface area contributed by atoms with Crippen LogP contribution in [-0.2, 0) is 16.1 Å². The number of likely N-dealkylation sites (tertiary alicyclic amines) is 1. The highest BCUT2D eigenvalue weighted by Crippen LogP contribution is 2.23. The summed E-state index contributed by atoms with van der Waals surface area (Å²) in [5, 5.41) is 0. The van der Waals surface area contributed by atoms with E-state index in [2.05, 4.69) is 9.97 Å². The highest BCUT2D eigenvalue weighted by molar-refractivity contribution is 5.77. The van der Waals surface area contributed by atoms with Gasteiger partial charge in [-0.25, -0.2) is 9.97 Å². The molecule has 0 radical (unpaired) electrons. The van der Waals surface area contributed by atoms with Crippen LogP contribution in [0.5, 0.6) is 11.8 Å². The van der Waals surface area contributed by atoms with Gasteiger partial charge in [0.1, 0.15) is 12.7 Å². The minimum absolute atomic E-state index is 0.0275. The van der Waals surface area contributed by atoms with E-state index < -0.39 is 0 Å². The summed E-state index contributed by atoms with van der Waals surface area (Å²) in [7, 11) is 1.53. The van der Waals surface area contributed by atoms with Gasteiger partial charge in [0.15, 0.2) is 0 Å². The monoisotopic (exact) mass is 357 g/mol.